The molecule has 0 bridgehead atoms. The lowest BCUT2D eigenvalue weighted by Gasteiger charge is -2.40. The Morgan fingerprint density at radius 1 is 0.750 bits per heavy atom. The average Bonchev–Trinajstić information content (AvgIpc) is 2.90. The van der Waals surface area contributed by atoms with Gasteiger partial charge in [-0.2, -0.15) is 14.0 Å². The Balaban J connectivity index is 0.000000556. The summed E-state index contributed by atoms with van der Waals surface area (Å²) in [5.41, 5.74) is 5.15. The van der Waals surface area contributed by atoms with Crippen LogP contribution in [0, 0.1) is 10.2 Å². The molecule has 1 aliphatic carbocycles. The molecule has 5 nitrogen and oxygen atoms in total. The van der Waals surface area contributed by atoms with Crippen molar-refractivity contribution in [2.45, 2.75) is 43.0 Å². The molecule has 3 aromatic carbocycles. The molecule has 36 heavy (non-hydrogen) atoms. The van der Waals surface area contributed by atoms with Crippen molar-refractivity contribution in [3.8, 4) is 0 Å². The molecule has 2 N–H and O–H groups in total. The molecule has 188 valence electrons. The number of benzene rings is 3. The highest BCUT2D eigenvalue weighted by molar-refractivity contribution is 8.09. The van der Waals surface area contributed by atoms with E-state index in [4.69, 9.17) is 18.6 Å². The van der Waals surface area contributed by atoms with E-state index >= 15 is 0 Å². The van der Waals surface area contributed by atoms with Crippen LogP contribution in [0.4, 0.5) is 0 Å². The minimum absolute atomic E-state index is 0.283. The Labute approximate surface area is 218 Å². The first-order valence-electron chi connectivity index (χ1n) is 12.0. The Bertz CT molecular complexity index is 1150. The number of nitrogens with one attached hydrogen (secondary N) is 1. The summed E-state index contributed by atoms with van der Waals surface area (Å²) in [6.07, 6.45) is 11.3. The fourth-order valence-electron chi connectivity index (χ4n) is 4.71. The number of hydrogen-bond acceptors (Lipinski definition) is 6. The Morgan fingerprint density at radius 3 is 1.81 bits per heavy atom. The monoisotopic (exact) mass is 523 g/mol. The van der Waals surface area contributed by atoms with Gasteiger partial charge in [-0.3, -0.25) is 5.32 Å². The molecule has 1 heterocycles. The summed E-state index contributed by atoms with van der Waals surface area (Å²) in [4.78, 5) is 1.03. The van der Waals surface area contributed by atoms with Gasteiger partial charge < -0.3 is 0 Å². The lowest BCUT2D eigenvalue weighted by atomic mass is 9.92. The van der Waals surface area contributed by atoms with Gasteiger partial charge in [-0.05, 0) is 47.3 Å². The van der Waals surface area contributed by atoms with E-state index in [1.807, 2.05) is 11.8 Å². The summed E-state index contributed by atoms with van der Waals surface area (Å²) < 4.78 is 32.7. The lowest BCUT2D eigenvalue weighted by Crippen LogP contribution is -2.58. The maximum atomic E-state index is 8.60. The maximum Gasteiger partial charge on any atom is 0.115 e. The van der Waals surface area contributed by atoms with Crippen LogP contribution >= 0.6 is 11.8 Å². The molecule has 0 saturated heterocycles. The molecule has 7 heteroatoms. The molecule has 1 atom stereocenters. The van der Waals surface area contributed by atoms with Gasteiger partial charge in [0, 0.05) is 10.9 Å². The Morgan fingerprint density at radius 2 is 1.25 bits per heavy atom. The van der Waals surface area contributed by atoms with E-state index in [2.05, 4.69) is 108 Å². The maximum absolute atomic E-state index is 8.60. The van der Waals surface area contributed by atoms with Crippen LogP contribution in [-0.2, 0) is 4.87 Å². The minimum Gasteiger partial charge on any atom is -0.293 e. The molecule has 1 unspecified atom stereocenters. The smallest absolute Gasteiger partial charge is 0.115 e. The van der Waals surface area contributed by atoms with Gasteiger partial charge in [0.05, 0.1) is 14.9 Å². The molecule has 0 aromatic heterocycles. The molecular weight excluding hydrogens is 494 g/mol. The first-order chi connectivity index (χ1) is 17.3. The van der Waals surface area contributed by atoms with Crippen LogP contribution in [0.15, 0.2) is 103 Å². The third kappa shape index (κ3) is 7.54. The van der Waals surface area contributed by atoms with Crippen LogP contribution in [0.3, 0.4) is 0 Å². The van der Waals surface area contributed by atoms with E-state index in [1.165, 1.54) is 59.3 Å². The number of thioether (sulfide) groups is 1. The predicted octanol–water partition coefficient (Wildman–Crippen LogP) is 3.51. The Kier molecular flexibility index (Phi) is 9.04. The van der Waals surface area contributed by atoms with Crippen LogP contribution in [0.1, 0.15) is 48.8 Å². The molecule has 0 amide bonds. The van der Waals surface area contributed by atoms with Crippen molar-refractivity contribution in [3.05, 3.63) is 120 Å². The fraction of sp³-hybridized carbons (Fsp3) is 0.241. The number of rotatable bonds is 5. The standard InChI is InChI=1S/C29H29NS.ClHO4/c1-5-13-23(14-6-1)25-21-28(24-15-7-2-8-16-24)31-29(22-25,26-17-9-3-10-18-26)30-27-19-11-4-12-20-27;2-1(3,4)5/h1-3,5-10,13-18,21-22,27,30H,4,11-12,19-20H2;(H,2,3,4,5). The van der Waals surface area contributed by atoms with Crippen LogP contribution in [0.25, 0.3) is 10.5 Å². The van der Waals surface area contributed by atoms with Crippen molar-refractivity contribution in [3.63, 3.8) is 0 Å². The summed E-state index contributed by atoms with van der Waals surface area (Å²) in [5.74, 6) is 0. The van der Waals surface area contributed by atoms with Crippen LogP contribution in [0.5, 0.6) is 0 Å². The quantitative estimate of drug-likeness (QED) is 0.530. The molecule has 5 rings (SSSR count). The van der Waals surface area contributed by atoms with Crippen molar-refractivity contribution in [1.29, 1.82) is 0 Å². The van der Waals surface area contributed by atoms with Gasteiger partial charge in [0.2, 0.25) is 0 Å². The largest absolute Gasteiger partial charge is 0.293 e. The minimum atomic E-state index is -4.69. The summed E-state index contributed by atoms with van der Waals surface area (Å²) >= 11 is 1.95. The highest BCUT2D eigenvalue weighted by Crippen LogP contribution is 2.50. The van der Waals surface area contributed by atoms with Gasteiger partial charge in [-0.25, -0.2) is 0 Å². The van der Waals surface area contributed by atoms with E-state index < -0.39 is 10.2 Å². The third-order valence-corrected chi connectivity index (χ3v) is 7.67. The van der Waals surface area contributed by atoms with E-state index in [1.54, 1.807) is 0 Å². The van der Waals surface area contributed by atoms with Crippen LogP contribution < -0.4 is 19.3 Å². The first kappa shape index (κ1) is 26.6. The molecule has 0 radical (unpaired) electrons. The van der Waals surface area contributed by atoms with E-state index in [9.17, 15) is 0 Å². The summed E-state index contributed by atoms with van der Waals surface area (Å²) in [6, 6.07) is 33.1. The number of allylic oxidation sites excluding steroid dienone is 2. The van der Waals surface area contributed by atoms with Crippen molar-refractivity contribution in [2.75, 3.05) is 0 Å². The van der Waals surface area contributed by atoms with Gasteiger partial charge in [0.25, 0.3) is 0 Å². The van der Waals surface area contributed by atoms with Gasteiger partial charge in [-0.15, -0.1) is 0 Å². The van der Waals surface area contributed by atoms with E-state index in [0.29, 0.717) is 6.04 Å². The second-order valence-corrected chi connectivity index (χ2v) is 11.0. The van der Waals surface area contributed by atoms with Crippen LogP contribution in [-0.4, -0.2) is 10.7 Å². The van der Waals surface area contributed by atoms with Gasteiger partial charge >= 0.3 is 0 Å². The highest BCUT2D eigenvalue weighted by atomic mass is 35.7. The summed E-state index contributed by atoms with van der Waals surface area (Å²) in [5, 5.41) is 4.13. The van der Waals surface area contributed by atoms with Crippen molar-refractivity contribution in [2.24, 2.45) is 0 Å². The zero-order valence-electron chi connectivity index (χ0n) is 19.9. The van der Waals surface area contributed by atoms with Gasteiger partial charge in [-0.1, -0.05) is 122 Å². The lowest BCUT2D eigenvalue weighted by molar-refractivity contribution is -1.92. The number of hydrogen-bond donors (Lipinski definition) is 2. The zero-order valence-corrected chi connectivity index (χ0v) is 21.5. The number of halogens is 1. The van der Waals surface area contributed by atoms with Crippen molar-refractivity contribution in [1.82, 2.24) is 5.32 Å². The third-order valence-electron chi connectivity index (χ3n) is 6.31. The molecule has 2 aliphatic rings. The highest BCUT2D eigenvalue weighted by Gasteiger charge is 2.37. The predicted molar refractivity (Wildman–Crippen MR) is 137 cm³/mol. The zero-order chi connectivity index (χ0) is 25.4. The van der Waals surface area contributed by atoms with Gasteiger partial charge in [0.1, 0.15) is 4.87 Å². The average molecular weight is 524 g/mol. The summed E-state index contributed by atoms with van der Waals surface area (Å²) in [6.45, 7) is 0. The fourth-order valence-corrected chi connectivity index (χ4v) is 6.16. The normalized spacial score (nSPS) is 20.6. The second-order valence-electron chi connectivity index (χ2n) is 8.92. The molecule has 3 aromatic rings. The topological polar surface area (TPSA) is 101 Å². The van der Waals surface area contributed by atoms with E-state index in [-0.39, 0.29) is 4.87 Å². The first-order valence-corrected chi connectivity index (χ1v) is 14.1. The van der Waals surface area contributed by atoms with Crippen molar-refractivity contribution < 1.29 is 28.9 Å². The molecule has 0 spiro atoms. The molecular formula is C29H30ClNO4S. The Hall–Kier alpha value is -2.42. The summed E-state index contributed by atoms with van der Waals surface area (Å²) in [7, 11) is -4.69. The van der Waals surface area contributed by atoms with Gasteiger partial charge in [0.15, 0.2) is 0 Å². The molecule has 1 fully saturated rings. The molecule has 1 aliphatic heterocycles. The van der Waals surface area contributed by atoms with E-state index in [0.717, 1.165) is 0 Å². The molecule has 1 saturated carbocycles. The SMILES string of the molecule is C1=C(c2ccccc2)C=C(c2ccccc2)SC1(NC1CCCCC1)c1ccccc1.[O-][Cl+3]([O-])([O-])O. The van der Waals surface area contributed by atoms with Crippen LogP contribution in [0.2, 0.25) is 0 Å². The van der Waals surface area contributed by atoms with Crippen molar-refractivity contribution >= 4 is 22.2 Å². The second kappa shape index (κ2) is 12.2.